The first-order valence-electron chi connectivity index (χ1n) is 11.4. The number of hydrogen-bond donors (Lipinski definition) is 1. The van der Waals surface area contributed by atoms with E-state index in [4.69, 9.17) is 9.47 Å². The Kier molecular flexibility index (Phi) is 5.20. The van der Waals surface area contributed by atoms with E-state index in [0.717, 1.165) is 32.1 Å². The fourth-order valence-electron chi connectivity index (χ4n) is 7.36. The van der Waals surface area contributed by atoms with Crippen molar-refractivity contribution in [2.24, 2.45) is 28.6 Å². The average Bonchev–Trinajstić information content (AvgIpc) is 3.04. The highest BCUT2D eigenvalue weighted by Crippen LogP contribution is 2.65. The molecule has 0 saturated heterocycles. The molecule has 0 heterocycles. The molecule has 4 aliphatic carbocycles. The van der Waals surface area contributed by atoms with E-state index in [1.807, 2.05) is 6.92 Å². The van der Waals surface area contributed by atoms with Gasteiger partial charge in [0.2, 0.25) is 0 Å². The van der Waals surface area contributed by atoms with Crippen LogP contribution in [0.3, 0.4) is 0 Å². The van der Waals surface area contributed by atoms with Gasteiger partial charge in [0.25, 0.3) is 0 Å². The summed E-state index contributed by atoms with van der Waals surface area (Å²) in [4.78, 5) is 23.7. The quantitative estimate of drug-likeness (QED) is 0.693. The molecular weight excluding hydrogens is 380 g/mol. The van der Waals surface area contributed by atoms with Crippen molar-refractivity contribution in [1.82, 2.24) is 0 Å². The summed E-state index contributed by atoms with van der Waals surface area (Å²) in [5.41, 5.74) is 1.53. The first kappa shape index (κ1) is 21.6. The van der Waals surface area contributed by atoms with Crippen molar-refractivity contribution in [3.8, 4) is 0 Å². The lowest BCUT2D eigenvalue weighted by molar-refractivity contribution is -0.163. The minimum absolute atomic E-state index is 0.0453. The minimum atomic E-state index is -0.883. The summed E-state index contributed by atoms with van der Waals surface area (Å²) in [6.45, 7) is 7.98. The van der Waals surface area contributed by atoms with Crippen LogP contribution in [-0.4, -0.2) is 35.9 Å². The van der Waals surface area contributed by atoms with Crippen LogP contribution in [0, 0.1) is 28.6 Å². The van der Waals surface area contributed by atoms with E-state index in [-0.39, 0.29) is 34.8 Å². The third kappa shape index (κ3) is 2.99. The van der Waals surface area contributed by atoms with Crippen molar-refractivity contribution in [3.05, 3.63) is 23.3 Å². The van der Waals surface area contributed by atoms with Crippen molar-refractivity contribution in [1.29, 1.82) is 0 Å². The molecule has 30 heavy (non-hydrogen) atoms. The fourth-order valence-corrected chi connectivity index (χ4v) is 7.36. The van der Waals surface area contributed by atoms with Crippen LogP contribution in [0.5, 0.6) is 0 Å². The maximum Gasteiger partial charge on any atom is 0.308 e. The molecule has 0 aromatic carbocycles. The molecule has 4 rings (SSSR count). The van der Waals surface area contributed by atoms with E-state index in [1.165, 1.54) is 25.2 Å². The summed E-state index contributed by atoms with van der Waals surface area (Å²) >= 11 is 0. The first-order chi connectivity index (χ1) is 14.1. The highest BCUT2D eigenvalue weighted by molar-refractivity contribution is 5.72. The number of fused-ring (bicyclic) bond motifs is 5. The van der Waals surface area contributed by atoms with Crippen LogP contribution in [-0.2, 0) is 19.1 Å². The molecule has 0 aromatic rings. The zero-order valence-electron chi connectivity index (χ0n) is 19.0. The molecule has 1 N–H and O–H groups in total. The average molecular weight is 417 g/mol. The molecule has 2 saturated carbocycles. The number of esters is 2. The van der Waals surface area contributed by atoms with Crippen LogP contribution in [0.4, 0.5) is 0 Å². The normalized spacial score (nSPS) is 43.3. The maximum absolute atomic E-state index is 12.3. The molecule has 0 radical (unpaired) electrons. The van der Waals surface area contributed by atoms with Gasteiger partial charge in [-0.05, 0) is 66.9 Å². The Bertz CT molecular complexity index is 812. The summed E-state index contributed by atoms with van der Waals surface area (Å²) < 4.78 is 10.5. The number of aliphatic hydroxyl groups is 1. The molecule has 7 atom stereocenters. The third-order valence-electron chi connectivity index (χ3n) is 9.16. The molecule has 4 aliphatic rings. The Morgan fingerprint density at radius 2 is 1.90 bits per heavy atom. The van der Waals surface area contributed by atoms with Gasteiger partial charge in [-0.15, -0.1) is 0 Å². The van der Waals surface area contributed by atoms with E-state index in [9.17, 15) is 14.7 Å². The van der Waals surface area contributed by atoms with Gasteiger partial charge in [0.05, 0.1) is 18.6 Å². The summed E-state index contributed by atoms with van der Waals surface area (Å²) in [7, 11) is 1.48. The standard InChI is InChI=1S/C25H36O5/c1-15(22(27)29-5)19-6-7-20-18-9-13-25(28)14-17(30-16(2)26)8-12-24(25,4)21(18)10-11-23(19,20)3/h9-10,15,17,19-20,28H,6-8,11-14H2,1-5H3/t15-,17+,19-,20+,23+,24+,25+/m0/s1. The van der Waals surface area contributed by atoms with Crippen LogP contribution in [0.25, 0.3) is 0 Å². The lowest BCUT2D eigenvalue weighted by Crippen LogP contribution is -2.56. The van der Waals surface area contributed by atoms with Gasteiger partial charge < -0.3 is 14.6 Å². The smallest absolute Gasteiger partial charge is 0.308 e. The Labute approximate surface area is 179 Å². The number of carbonyl (C=O) groups is 2. The second kappa shape index (κ2) is 7.22. The van der Waals surface area contributed by atoms with Crippen molar-refractivity contribution >= 4 is 11.9 Å². The van der Waals surface area contributed by atoms with Crippen LogP contribution in [0.15, 0.2) is 23.3 Å². The number of methoxy groups -OCH3 is 1. The molecule has 0 bridgehead atoms. The van der Waals surface area contributed by atoms with Gasteiger partial charge in [0.15, 0.2) is 0 Å². The Morgan fingerprint density at radius 1 is 1.17 bits per heavy atom. The van der Waals surface area contributed by atoms with E-state index >= 15 is 0 Å². The van der Waals surface area contributed by atoms with Crippen molar-refractivity contribution < 1.29 is 24.2 Å². The summed E-state index contributed by atoms with van der Waals surface area (Å²) in [5.74, 6) is 0.239. The van der Waals surface area contributed by atoms with Crippen molar-refractivity contribution in [2.45, 2.75) is 84.3 Å². The Hall–Kier alpha value is -1.62. The molecular formula is C25H36O5. The minimum Gasteiger partial charge on any atom is -0.469 e. The van der Waals surface area contributed by atoms with Gasteiger partial charge in [-0.25, -0.2) is 0 Å². The summed E-state index contributed by atoms with van der Waals surface area (Å²) in [5, 5.41) is 11.7. The predicted octanol–water partition coefficient (Wildman–Crippen LogP) is 4.34. The van der Waals surface area contributed by atoms with Gasteiger partial charge in [0.1, 0.15) is 6.10 Å². The molecule has 5 nitrogen and oxygen atoms in total. The Morgan fingerprint density at radius 3 is 2.57 bits per heavy atom. The van der Waals surface area contributed by atoms with Gasteiger partial charge in [0, 0.05) is 18.8 Å². The topological polar surface area (TPSA) is 72.8 Å². The van der Waals surface area contributed by atoms with Gasteiger partial charge in [-0.2, -0.15) is 0 Å². The molecule has 0 spiro atoms. The van der Waals surface area contributed by atoms with Crippen LogP contribution in [0.2, 0.25) is 0 Å². The van der Waals surface area contributed by atoms with Crippen molar-refractivity contribution in [3.63, 3.8) is 0 Å². The zero-order chi connectivity index (χ0) is 21.9. The second-order valence-corrected chi connectivity index (χ2v) is 10.6. The summed E-state index contributed by atoms with van der Waals surface area (Å²) in [6.07, 6.45) is 10.1. The lowest BCUT2D eigenvalue weighted by Gasteiger charge is -2.57. The van der Waals surface area contributed by atoms with Gasteiger partial charge >= 0.3 is 11.9 Å². The third-order valence-corrected chi connectivity index (χ3v) is 9.16. The van der Waals surface area contributed by atoms with E-state index in [0.29, 0.717) is 24.7 Å². The largest absolute Gasteiger partial charge is 0.469 e. The molecule has 5 heteroatoms. The molecule has 0 amide bonds. The van der Waals surface area contributed by atoms with Crippen LogP contribution in [0.1, 0.15) is 72.6 Å². The number of hydrogen-bond acceptors (Lipinski definition) is 5. The van der Waals surface area contributed by atoms with Crippen LogP contribution < -0.4 is 0 Å². The highest BCUT2D eigenvalue weighted by atomic mass is 16.5. The molecule has 166 valence electrons. The molecule has 0 aliphatic heterocycles. The Balaban J connectivity index is 1.64. The van der Waals surface area contributed by atoms with Gasteiger partial charge in [-0.3, -0.25) is 9.59 Å². The predicted molar refractivity (Wildman–Crippen MR) is 113 cm³/mol. The van der Waals surface area contributed by atoms with Crippen molar-refractivity contribution in [2.75, 3.05) is 7.11 Å². The van der Waals surface area contributed by atoms with E-state index in [1.54, 1.807) is 0 Å². The molecule has 0 aromatic heterocycles. The fraction of sp³-hybridized carbons (Fsp3) is 0.760. The maximum atomic E-state index is 12.3. The second-order valence-electron chi connectivity index (χ2n) is 10.6. The van der Waals surface area contributed by atoms with Gasteiger partial charge in [-0.1, -0.05) is 32.9 Å². The number of carbonyl (C=O) groups excluding carboxylic acids is 2. The van der Waals surface area contributed by atoms with E-state index < -0.39 is 5.60 Å². The number of allylic oxidation sites excluding steroid dienone is 2. The number of rotatable bonds is 3. The molecule has 2 fully saturated rings. The summed E-state index contributed by atoms with van der Waals surface area (Å²) in [6, 6.07) is 0. The highest BCUT2D eigenvalue weighted by Gasteiger charge is 2.60. The first-order valence-corrected chi connectivity index (χ1v) is 11.4. The lowest BCUT2D eigenvalue weighted by atomic mass is 9.50. The number of ether oxygens (including phenoxy) is 2. The van der Waals surface area contributed by atoms with Crippen LogP contribution >= 0.6 is 0 Å². The zero-order valence-corrected chi connectivity index (χ0v) is 19.0. The monoisotopic (exact) mass is 416 g/mol. The SMILES string of the molecule is COC(=O)[C@@H](C)[C@@H]1CC[C@@H]2C3=CC[C@@]4(O)C[C@H](OC(C)=O)CC[C@]4(C)C3=CC[C@@]21C. The van der Waals surface area contributed by atoms with E-state index in [2.05, 4.69) is 26.0 Å². The molecule has 0 unspecified atom stereocenters.